The third-order valence-electron chi connectivity index (χ3n) is 8.53. The fraction of sp³-hybridized carbons (Fsp3) is 0.206. The van der Waals surface area contributed by atoms with Gasteiger partial charge in [-0.25, -0.2) is 32.3 Å². The van der Waals surface area contributed by atoms with E-state index in [9.17, 15) is 27.5 Å². The number of pyridine rings is 1. The Bertz CT molecular complexity index is 2080. The molecule has 3 aromatic carbocycles. The smallest absolute Gasteiger partial charge is 0.331 e. The van der Waals surface area contributed by atoms with E-state index in [2.05, 4.69) is 9.97 Å². The molecule has 0 spiro atoms. The van der Waals surface area contributed by atoms with Gasteiger partial charge in [-0.1, -0.05) is 29.8 Å². The standard InChI is InChI=1S/C34H28F4N6O2/c1-17-2-4-18(5-3-17)30(34(45)46)44-16-24(32-41-27-13-25(37)26(38)14-28(27)42-32)29-31(43-8-6-22(39)7-9-43)23(15-40-33(29)44)19-10-20(35)12-21(36)11-19/h2-5,10-16,22,30H,6-9,39H2,1H3,(H,41,42)(H,45,46). The van der Waals surface area contributed by atoms with Gasteiger partial charge in [-0.15, -0.1) is 0 Å². The number of aromatic nitrogens is 4. The van der Waals surface area contributed by atoms with Crippen LogP contribution in [0.3, 0.4) is 0 Å². The molecule has 1 saturated heterocycles. The average molecular weight is 629 g/mol. The number of anilines is 1. The third-order valence-corrected chi connectivity index (χ3v) is 8.53. The zero-order chi connectivity index (χ0) is 32.3. The molecule has 0 aliphatic carbocycles. The van der Waals surface area contributed by atoms with Gasteiger partial charge < -0.3 is 25.3 Å². The highest BCUT2D eigenvalue weighted by atomic mass is 19.2. The van der Waals surface area contributed by atoms with Crippen LogP contribution in [0.2, 0.25) is 0 Å². The molecule has 46 heavy (non-hydrogen) atoms. The van der Waals surface area contributed by atoms with Crippen LogP contribution < -0.4 is 10.6 Å². The minimum absolute atomic E-state index is 0.0363. The minimum atomic E-state index is -1.22. The van der Waals surface area contributed by atoms with Gasteiger partial charge >= 0.3 is 5.97 Å². The number of nitrogens with zero attached hydrogens (tertiary/aromatic N) is 4. The van der Waals surface area contributed by atoms with Crippen LogP contribution in [-0.4, -0.2) is 49.7 Å². The summed E-state index contributed by atoms with van der Waals surface area (Å²) < 4.78 is 59.0. The van der Waals surface area contributed by atoms with Crippen molar-refractivity contribution in [3.63, 3.8) is 0 Å². The molecule has 1 atom stereocenters. The molecule has 1 fully saturated rings. The van der Waals surface area contributed by atoms with Gasteiger partial charge in [0, 0.05) is 60.9 Å². The summed E-state index contributed by atoms with van der Waals surface area (Å²) in [6, 6.07) is 11.0. The fourth-order valence-corrected chi connectivity index (χ4v) is 6.25. The summed E-state index contributed by atoms with van der Waals surface area (Å²) in [7, 11) is 0. The number of aryl methyl sites for hydroxylation is 1. The first-order valence-electron chi connectivity index (χ1n) is 14.7. The number of imidazole rings is 1. The number of hydrogen-bond donors (Lipinski definition) is 3. The van der Waals surface area contributed by atoms with Crippen molar-refractivity contribution < 1.29 is 27.5 Å². The number of nitrogens with two attached hydrogens (primary N) is 1. The number of hydrogen-bond acceptors (Lipinski definition) is 5. The molecule has 3 aromatic heterocycles. The van der Waals surface area contributed by atoms with Crippen molar-refractivity contribution in [1.82, 2.24) is 19.5 Å². The molecule has 4 heterocycles. The maximum atomic E-state index is 14.6. The van der Waals surface area contributed by atoms with Crippen LogP contribution in [0.15, 0.2) is 67.0 Å². The number of nitrogens with one attached hydrogen (secondary N) is 1. The molecule has 1 aliphatic heterocycles. The van der Waals surface area contributed by atoms with E-state index in [0.717, 1.165) is 23.8 Å². The Labute approximate surface area is 260 Å². The van der Waals surface area contributed by atoms with Crippen molar-refractivity contribution in [2.75, 3.05) is 18.0 Å². The van der Waals surface area contributed by atoms with E-state index in [-0.39, 0.29) is 34.1 Å². The highest BCUT2D eigenvalue weighted by Crippen LogP contribution is 2.44. The van der Waals surface area contributed by atoms with Crippen LogP contribution in [-0.2, 0) is 4.79 Å². The number of aromatic amines is 1. The monoisotopic (exact) mass is 628 g/mol. The lowest BCUT2D eigenvalue weighted by Gasteiger charge is -2.34. The van der Waals surface area contributed by atoms with Crippen LogP contribution in [0, 0.1) is 30.2 Å². The Morgan fingerprint density at radius 1 is 0.978 bits per heavy atom. The van der Waals surface area contributed by atoms with Crippen LogP contribution >= 0.6 is 0 Å². The van der Waals surface area contributed by atoms with Crippen molar-refractivity contribution >= 4 is 33.7 Å². The Balaban J connectivity index is 1.57. The molecular weight excluding hydrogens is 600 g/mol. The summed E-state index contributed by atoms with van der Waals surface area (Å²) in [6.07, 6.45) is 4.36. The molecule has 1 unspecified atom stereocenters. The van der Waals surface area contributed by atoms with Crippen molar-refractivity contribution in [3.05, 3.63) is 101 Å². The normalized spacial score (nSPS) is 14.8. The van der Waals surface area contributed by atoms with E-state index >= 15 is 0 Å². The largest absolute Gasteiger partial charge is 0.479 e. The molecule has 1 aliphatic rings. The quantitative estimate of drug-likeness (QED) is 0.177. The number of rotatable bonds is 6. The summed E-state index contributed by atoms with van der Waals surface area (Å²) in [5.41, 5.74) is 9.91. The molecular formula is C34H28F4N6O2. The number of halogens is 4. The molecule has 12 heteroatoms. The maximum absolute atomic E-state index is 14.6. The van der Waals surface area contributed by atoms with E-state index in [1.807, 2.05) is 24.0 Å². The summed E-state index contributed by atoms with van der Waals surface area (Å²) in [4.78, 5) is 27.3. The zero-order valence-electron chi connectivity index (χ0n) is 24.6. The van der Waals surface area contributed by atoms with Crippen molar-refractivity contribution in [2.24, 2.45) is 5.73 Å². The van der Waals surface area contributed by atoms with Crippen molar-refractivity contribution in [1.29, 1.82) is 0 Å². The second-order valence-electron chi connectivity index (χ2n) is 11.7. The summed E-state index contributed by atoms with van der Waals surface area (Å²) in [5.74, 6) is -4.61. The number of aliphatic carboxylic acids is 1. The topological polar surface area (TPSA) is 113 Å². The average Bonchev–Trinajstić information content (AvgIpc) is 3.59. The number of benzene rings is 3. The molecule has 0 bridgehead atoms. The van der Waals surface area contributed by atoms with E-state index in [4.69, 9.17) is 10.7 Å². The lowest BCUT2D eigenvalue weighted by molar-refractivity contribution is -0.139. The number of fused-ring (bicyclic) bond motifs is 2. The molecule has 7 rings (SSSR count). The molecule has 6 aromatic rings. The van der Waals surface area contributed by atoms with Crippen LogP contribution in [0.4, 0.5) is 23.2 Å². The van der Waals surface area contributed by atoms with Gasteiger partial charge in [0.05, 0.1) is 22.1 Å². The molecule has 4 N–H and O–H groups in total. The molecule has 8 nitrogen and oxygen atoms in total. The second-order valence-corrected chi connectivity index (χ2v) is 11.7. The number of carboxylic acids is 1. The summed E-state index contributed by atoms with van der Waals surface area (Å²) in [5, 5.41) is 11.0. The van der Waals surface area contributed by atoms with Gasteiger partial charge in [-0.2, -0.15) is 0 Å². The first-order valence-corrected chi connectivity index (χ1v) is 14.7. The van der Waals surface area contributed by atoms with E-state index in [1.165, 1.54) is 22.9 Å². The number of carboxylic acid groups (broad SMARTS) is 1. The Kier molecular flexibility index (Phi) is 7.23. The first-order chi connectivity index (χ1) is 22.1. The Morgan fingerprint density at radius 2 is 1.65 bits per heavy atom. The third kappa shape index (κ3) is 5.14. The summed E-state index contributed by atoms with van der Waals surface area (Å²) >= 11 is 0. The first kappa shape index (κ1) is 29.5. The van der Waals surface area contributed by atoms with Crippen molar-refractivity contribution in [3.8, 4) is 22.5 Å². The SMILES string of the molecule is Cc1ccc(C(C(=O)O)n2cc(-c3nc4cc(F)c(F)cc4[nH]3)c3c(N4CCC(N)CC4)c(-c4cc(F)cc(F)c4)cnc32)cc1. The van der Waals surface area contributed by atoms with Gasteiger partial charge in [-0.05, 0) is 43.0 Å². The van der Waals surface area contributed by atoms with Crippen molar-refractivity contribution in [2.45, 2.75) is 31.8 Å². The molecule has 0 saturated carbocycles. The highest BCUT2D eigenvalue weighted by molar-refractivity contribution is 6.08. The van der Waals surface area contributed by atoms with Crippen LogP contribution in [0.1, 0.15) is 30.0 Å². The lowest BCUT2D eigenvalue weighted by atomic mass is 9.98. The maximum Gasteiger partial charge on any atom is 0.331 e. The van der Waals surface area contributed by atoms with Gasteiger partial charge in [0.25, 0.3) is 0 Å². The van der Waals surface area contributed by atoms with E-state index in [1.54, 1.807) is 18.3 Å². The predicted molar refractivity (Wildman–Crippen MR) is 166 cm³/mol. The number of piperidine rings is 1. The van der Waals surface area contributed by atoms with Crippen LogP contribution in [0.25, 0.3) is 44.6 Å². The highest BCUT2D eigenvalue weighted by Gasteiger charge is 2.31. The predicted octanol–water partition coefficient (Wildman–Crippen LogP) is 6.71. The Hall–Kier alpha value is -5.23. The van der Waals surface area contributed by atoms with Gasteiger partial charge in [0.15, 0.2) is 17.7 Å². The molecule has 234 valence electrons. The fourth-order valence-electron chi connectivity index (χ4n) is 6.25. The van der Waals surface area contributed by atoms with Gasteiger partial charge in [0.2, 0.25) is 0 Å². The van der Waals surface area contributed by atoms with Gasteiger partial charge in [-0.3, -0.25) is 0 Å². The summed E-state index contributed by atoms with van der Waals surface area (Å²) in [6.45, 7) is 2.91. The zero-order valence-corrected chi connectivity index (χ0v) is 24.6. The van der Waals surface area contributed by atoms with E-state index in [0.29, 0.717) is 53.7 Å². The number of H-pyrrole nitrogens is 1. The molecule has 0 amide bonds. The Morgan fingerprint density at radius 3 is 2.33 bits per heavy atom. The minimum Gasteiger partial charge on any atom is -0.479 e. The molecule has 0 radical (unpaired) electrons. The van der Waals surface area contributed by atoms with E-state index < -0.39 is 35.3 Å². The lowest BCUT2D eigenvalue weighted by Crippen LogP contribution is -2.40. The van der Waals surface area contributed by atoms with Gasteiger partial charge in [0.1, 0.15) is 23.1 Å². The number of carbonyl (C=O) groups is 1. The second kappa shape index (κ2) is 11.3. The van der Waals surface area contributed by atoms with Crippen LogP contribution in [0.5, 0.6) is 0 Å².